The Kier molecular flexibility index (Phi) is 6.94. The Morgan fingerprint density at radius 2 is 2.10 bits per heavy atom. The first-order valence-electron chi connectivity index (χ1n) is 6.98. The third-order valence-corrected chi connectivity index (χ3v) is 4.72. The van der Waals surface area contributed by atoms with E-state index in [-0.39, 0.29) is 29.7 Å². The van der Waals surface area contributed by atoms with Gasteiger partial charge < -0.3 is 15.6 Å². The zero-order valence-electron chi connectivity index (χ0n) is 12.5. The highest BCUT2D eigenvalue weighted by Crippen LogP contribution is 2.26. The van der Waals surface area contributed by atoms with E-state index in [1.807, 2.05) is 6.92 Å². The van der Waals surface area contributed by atoms with E-state index in [0.717, 1.165) is 12.8 Å². The molecule has 0 amide bonds. The van der Waals surface area contributed by atoms with Crippen molar-refractivity contribution < 1.29 is 18.3 Å². The van der Waals surface area contributed by atoms with Crippen LogP contribution in [0.2, 0.25) is 0 Å². The molecule has 0 saturated heterocycles. The lowest BCUT2D eigenvalue weighted by Crippen LogP contribution is -2.30. The van der Waals surface area contributed by atoms with Gasteiger partial charge in [-0.15, -0.1) is 0 Å². The largest absolute Gasteiger partial charge is 0.495 e. The third kappa shape index (κ3) is 5.18. The second kappa shape index (κ2) is 8.21. The summed E-state index contributed by atoms with van der Waals surface area (Å²) in [6.45, 7) is 2.36. The Hall–Kier alpha value is -1.31. The van der Waals surface area contributed by atoms with Gasteiger partial charge in [-0.3, -0.25) is 0 Å². The second-order valence-electron chi connectivity index (χ2n) is 4.93. The zero-order valence-corrected chi connectivity index (χ0v) is 13.3. The first-order valence-corrected chi connectivity index (χ1v) is 8.47. The van der Waals surface area contributed by atoms with Crippen LogP contribution in [0.15, 0.2) is 23.1 Å². The number of anilines is 1. The van der Waals surface area contributed by atoms with Crippen molar-refractivity contribution in [2.24, 2.45) is 5.92 Å². The molecule has 1 atom stereocenters. The van der Waals surface area contributed by atoms with Gasteiger partial charge in [0.2, 0.25) is 10.0 Å². The number of nitrogens with two attached hydrogens (primary N) is 1. The Morgan fingerprint density at radius 1 is 1.38 bits per heavy atom. The predicted octanol–water partition coefficient (Wildman–Crippen LogP) is 1.35. The van der Waals surface area contributed by atoms with Crippen molar-refractivity contribution in [2.75, 3.05) is 26.0 Å². The Balaban J connectivity index is 2.88. The number of ether oxygens (including phenoxy) is 1. The quantitative estimate of drug-likeness (QED) is 0.597. The summed E-state index contributed by atoms with van der Waals surface area (Å²) in [4.78, 5) is 0.0317. The van der Waals surface area contributed by atoms with Crippen molar-refractivity contribution in [3.8, 4) is 5.75 Å². The molecule has 7 heteroatoms. The first-order chi connectivity index (χ1) is 9.94. The molecule has 6 nitrogen and oxygen atoms in total. The van der Waals surface area contributed by atoms with Gasteiger partial charge in [0.1, 0.15) is 10.6 Å². The Bertz CT molecular complexity index is 540. The fraction of sp³-hybridized carbons (Fsp3) is 0.571. The van der Waals surface area contributed by atoms with Gasteiger partial charge in [-0.05, 0) is 37.0 Å². The van der Waals surface area contributed by atoms with Crippen LogP contribution in [0.1, 0.15) is 26.2 Å². The molecule has 0 spiro atoms. The summed E-state index contributed by atoms with van der Waals surface area (Å²) in [6, 6.07) is 4.49. The van der Waals surface area contributed by atoms with E-state index in [9.17, 15) is 8.42 Å². The molecule has 1 aromatic carbocycles. The molecule has 0 bridgehead atoms. The molecule has 0 aliphatic heterocycles. The van der Waals surface area contributed by atoms with Crippen LogP contribution in [0.3, 0.4) is 0 Å². The van der Waals surface area contributed by atoms with Crippen LogP contribution in [-0.4, -0.2) is 33.8 Å². The summed E-state index contributed by atoms with van der Waals surface area (Å²) in [7, 11) is -2.28. The minimum atomic E-state index is -3.69. The number of methoxy groups -OCH3 is 1. The third-order valence-electron chi connectivity index (χ3n) is 3.27. The molecule has 120 valence electrons. The summed E-state index contributed by atoms with van der Waals surface area (Å²) in [5, 5.41) is 9.01. The Morgan fingerprint density at radius 3 is 2.67 bits per heavy atom. The fourth-order valence-corrected chi connectivity index (χ4v) is 3.47. The van der Waals surface area contributed by atoms with Gasteiger partial charge in [-0.1, -0.05) is 13.3 Å². The average molecular weight is 316 g/mol. The maximum atomic E-state index is 12.4. The maximum Gasteiger partial charge on any atom is 0.244 e. The van der Waals surface area contributed by atoms with E-state index in [0.29, 0.717) is 12.1 Å². The van der Waals surface area contributed by atoms with Crippen LogP contribution in [-0.2, 0) is 10.0 Å². The molecule has 0 saturated carbocycles. The van der Waals surface area contributed by atoms with Crippen LogP contribution in [0.4, 0.5) is 5.69 Å². The van der Waals surface area contributed by atoms with Gasteiger partial charge in [-0.25, -0.2) is 13.1 Å². The van der Waals surface area contributed by atoms with Crippen LogP contribution in [0.5, 0.6) is 5.75 Å². The molecular formula is C14H24N2O4S. The summed E-state index contributed by atoms with van der Waals surface area (Å²) in [6.07, 6.45) is 2.37. The van der Waals surface area contributed by atoms with E-state index in [1.165, 1.54) is 19.2 Å². The SMILES string of the molecule is CCCC(CCO)CNS(=O)(=O)c1cc(N)ccc1OC. The molecule has 0 aromatic heterocycles. The highest BCUT2D eigenvalue weighted by Gasteiger charge is 2.21. The average Bonchev–Trinajstić information content (AvgIpc) is 2.45. The number of sulfonamides is 1. The fourth-order valence-electron chi connectivity index (χ4n) is 2.15. The van der Waals surface area contributed by atoms with Crippen molar-refractivity contribution in [1.29, 1.82) is 0 Å². The summed E-state index contributed by atoms with van der Waals surface area (Å²) in [5.41, 5.74) is 6.01. The molecule has 21 heavy (non-hydrogen) atoms. The number of rotatable bonds is 9. The second-order valence-corrected chi connectivity index (χ2v) is 6.66. The van der Waals surface area contributed by atoms with Crippen molar-refractivity contribution in [3.63, 3.8) is 0 Å². The van der Waals surface area contributed by atoms with Gasteiger partial charge in [0.15, 0.2) is 0 Å². The van der Waals surface area contributed by atoms with Gasteiger partial charge >= 0.3 is 0 Å². The molecule has 0 radical (unpaired) electrons. The summed E-state index contributed by atoms with van der Waals surface area (Å²) in [5.74, 6) is 0.368. The smallest absolute Gasteiger partial charge is 0.244 e. The number of aliphatic hydroxyl groups excluding tert-OH is 1. The number of nitrogen functional groups attached to an aromatic ring is 1. The molecule has 1 aromatic rings. The molecule has 0 heterocycles. The molecule has 0 fully saturated rings. The van der Waals surface area contributed by atoms with Crippen molar-refractivity contribution in [2.45, 2.75) is 31.1 Å². The monoisotopic (exact) mass is 316 g/mol. The van der Waals surface area contributed by atoms with Crippen molar-refractivity contribution in [3.05, 3.63) is 18.2 Å². The van der Waals surface area contributed by atoms with Crippen LogP contribution in [0, 0.1) is 5.92 Å². The van der Waals surface area contributed by atoms with Crippen molar-refractivity contribution in [1.82, 2.24) is 4.72 Å². The lowest BCUT2D eigenvalue weighted by Gasteiger charge is -2.17. The number of benzene rings is 1. The highest BCUT2D eigenvalue weighted by atomic mass is 32.2. The van der Waals surface area contributed by atoms with Gasteiger partial charge in [0.05, 0.1) is 7.11 Å². The van der Waals surface area contributed by atoms with E-state index in [1.54, 1.807) is 6.07 Å². The maximum absolute atomic E-state index is 12.4. The number of nitrogens with one attached hydrogen (secondary N) is 1. The van der Waals surface area contributed by atoms with E-state index < -0.39 is 10.0 Å². The minimum absolute atomic E-state index is 0.0317. The Labute approximate surface area is 126 Å². The first kappa shape index (κ1) is 17.7. The van der Waals surface area contributed by atoms with E-state index in [4.69, 9.17) is 15.6 Å². The molecule has 1 rings (SSSR count). The normalized spacial score (nSPS) is 13.1. The summed E-state index contributed by atoms with van der Waals surface area (Å²) < 4.78 is 32.4. The molecule has 0 aliphatic carbocycles. The van der Waals surface area contributed by atoms with Crippen LogP contribution < -0.4 is 15.2 Å². The van der Waals surface area contributed by atoms with Crippen LogP contribution >= 0.6 is 0 Å². The van der Waals surface area contributed by atoms with Crippen LogP contribution in [0.25, 0.3) is 0 Å². The lowest BCUT2D eigenvalue weighted by molar-refractivity contribution is 0.251. The minimum Gasteiger partial charge on any atom is -0.495 e. The van der Waals surface area contributed by atoms with Gasteiger partial charge in [0, 0.05) is 18.8 Å². The van der Waals surface area contributed by atoms with E-state index in [2.05, 4.69) is 4.72 Å². The highest BCUT2D eigenvalue weighted by molar-refractivity contribution is 7.89. The number of hydrogen-bond acceptors (Lipinski definition) is 5. The number of hydrogen-bond donors (Lipinski definition) is 3. The molecule has 1 unspecified atom stereocenters. The number of aliphatic hydroxyl groups is 1. The van der Waals surface area contributed by atoms with Gasteiger partial charge in [-0.2, -0.15) is 0 Å². The van der Waals surface area contributed by atoms with Crippen molar-refractivity contribution >= 4 is 15.7 Å². The topological polar surface area (TPSA) is 102 Å². The summed E-state index contributed by atoms with van der Waals surface area (Å²) >= 11 is 0. The van der Waals surface area contributed by atoms with E-state index >= 15 is 0 Å². The zero-order chi connectivity index (χ0) is 15.9. The lowest BCUT2D eigenvalue weighted by atomic mass is 10.0. The molecular weight excluding hydrogens is 292 g/mol. The molecule has 0 aliphatic rings. The predicted molar refractivity (Wildman–Crippen MR) is 82.7 cm³/mol. The standard InChI is InChI=1S/C14H24N2O4S/c1-3-4-11(7-8-17)10-16-21(18,19)14-9-12(15)5-6-13(14)20-2/h5-6,9,11,16-17H,3-4,7-8,10,15H2,1-2H3. The van der Waals surface area contributed by atoms with Gasteiger partial charge in [0.25, 0.3) is 0 Å². The molecule has 4 N–H and O–H groups in total.